The van der Waals surface area contributed by atoms with Crippen LogP contribution in [0.25, 0.3) is 0 Å². The molecular formula is C10H17NO. The van der Waals surface area contributed by atoms with Crippen LogP contribution in [0.5, 0.6) is 0 Å². The number of nitrogens with two attached hydrogens (primary N) is 1. The highest BCUT2D eigenvalue weighted by atomic mass is 16.3. The molecule has 68 valence electrons. The summed E-state index contributed by atoms with van der Waals surface area (Å²) in [4.78, 5) is 0. The fourth-order valence-corrected chi connectivity index (χ4v) is 4.28. The molecule has 4 rings (SSSR count). The van der Waals surface area contributed by atoms with Crippen molar-refractivity contribution in [1.29, 1.82) is 0 Å². The van der Waals surface area contributed by atoms with Crippen molar-refractivity contribution in [3.05, 3.63) is 0 Å². The van der Waals surface area contributed by atoms with E-state index in [2.05, 4.69) is 0 Å². The quantitative estimate of drug-likeness (QED) is 0.566. The Kier molecular flexibility index (Phi) is 1.15. The molecular weight excluding hydrogens is 150 g/mol. The maximum absolute atomic E-state index is 10.2. The van der Waals surface area contributed by atoms with E-state index in [1.165, 1.54) is 19.3 Å². The van der Waals surface area contributed by atoms with Crippen LogP contribution < -0.4 is 5.73 Å². The van der Waals surface area contributed by atoms with Gasteiger partial charge in [0.25, 0.3) is 0 Å². The van der Waals surface area contributed by atoms with Gasteiger partial charge in [-0.15, -0.1) is 0 Å². The molecule has 2 heteroatoms. The van der Waals surface area contributed by atoms with Crippen molar-refractivity contribution >= 4 is 0 Å². The van der Waals surface area contributed by atoms with Gasteiger partial charge in [-0.25, -0.2) is 0 Å². The van der Waals surface area contributed by atoms with Crippen molar-refractivity contribution in [3.8, 4) is 0 Å². The predicted molar refractivity (Wildman–Crippen MR) is 46.6 cm³/mol. The Hall–Kier alpha value is -0.0800. The molecule has 4 aliphatic rings. The molecule has 0 aromatic rings. The lowest BCUT2D eigenvalue weighted by Gasteiger charge is -2.58. The maximum atomic E-state index is 10.2. The van der Waals surface area contributed by atoms with Crippen LogP contribution in [0.3, 0.4) is 0 Å². The summed E-state index contributed by atoms with van der Waals surface area (Å²) in [7, 11) is 0. The van der Waals surface area contributed by atoms with Crippen LogP contribution in [-0.4, -0.2) is 16.2 Å². The van der Waals surface area contributed by atoms with E-state index in [1.54, 1.807) is 0 Å². The highest BCUT2D eigenvalue weighted by Crippen LogP contribution is 2.56. The number of aliphatic hydroxyl groups is 1. The van der Waals surface area contributed by atoms with Gasteiger partial charge in [-0.2, -0.15) is 0 Å². The van der Waals surface area contributed by atoms with E-state index >= 15 is 0 Å². The van der Waals surface area contributed by atoms with E-state index < -0.39 is 0 Å². The third kappa shape index (κ3) is 0.882. The van der Waals surface area contributed by atoms with E-state index in [-0.39, 0.29) is 11.1 Å². The third-order valence-corrected chi connectivity index (χ3v) is 4.08. The van der Waals surface area contributed by atoms with E-state index in [0.717, 1.165) is 31.1 Å². The smallest absolute Gasteiger partial charge is 0.0670 e. The Balaban J connectivity index is 1.98. The van der Waals surface area contributed by atoms with Crippen LogP contribution in [-0.2, 0) is 0 Å². The highest BCUT2D eigenvalue weighted by molar-refractivity contribution is 5.10. The molecule has 4 aliphatic carbocycles. The lowest BCUT2D eigenvalue weighted by Crippen LogP contribution is -2.62. The van der Waals surface area contributed by atoms with Crippen LogP contribution in [0.15, 0.2) is 0 Å². The lowest BCUT2D eigenvalue weighted by atomic mass is 9.51. The first-order valence-corrected chi connectivity index (χ1v) is 5.08. The van der Waals surface area contributed by atoms with Crippen LogP contribution in [0.2, 0.25) is 0 Å². The monoisotopic (exact) mass is 167 g/mol. The van der Waals surface area contributed by atoms with Gasteiger partial charge < -0.3 is 10.8 Å². The van der Waals surface area contributed by atoms with Crippen molar-refractivity contribution in [3.63, 3.8) is 0 Å². The zero-order valence-electron chi connectivity index (χ0n) is 7.42. The van der Waals surface area contributed by atoms with Gasteiger partial charge in [0.1, 0.15) is 0 Å². The Morgan fingerprint density at radius 3 is 2.08 bits per heavy atom. The Labute approximate surface area is 73.1 Å². The third-order valence-electron chi connectivity index (χ3n) is 4.08. The summed E-state index contributed by atoms with van der Waals surface area (Å²) < 4.78 is 0. The zero-order chi connectivity index (χ0) is 8.40. The summed E-state index contributed by atoms with van der Waals surface area (Å²) in [5.41, 5.74) is 5.90. The van der Waals surface area contributed by atoms with Gasteiger partial charge >= 0.3 is 0 Å². The predicted octanol–water partition coefficient (Wildman–Crippen LogP) is 1.03. The second kappa shape index (κ2) is 1.88. The molecule has 2 atom stereocenters. The van der Waals surface area contributed by atoms with Crippen molar-refractivity contribution in [2.45, 2.75) is 49.7 Å². The molecule has 2 nitrogen and oxygen atoms in total. The van der Waals surface area contributed by atoms with E-state index in [4.69, 9.17) is 5.73 Å². The second-order valence-electron chi connectivity index (χ2n) is 5.55. The Morgan fingerprint density at radius 2 is 1.67 bits per heavy atom. The highest BCUT2D eigenvalue weighted by Gasteiger charge is 2.55. The summed E-state index contributed by atoms with van der Waals surface area (Å²) in [6.45, 7) is 0. The Morgan fingerprint density at radius 1 is 1.08 bits per heavy atom. The molecule has 0 spiro atoms. The fraction of sp³-hybridized carbons (Fsp3) is 1.00. The molecule has 0 unspecified atom stereocenters. The van der Waals surface area contributed by atoms with Crippen LogP contribution in [0.4, 0.5) is 0 Å². The van der Waals surface area contributed by atoms with Crippen LogP contribution in [0.1, 0.15) is 38.5 Å². The van der Waals surface area contributed by atoms with Gasteiger partial charge in [0.2, 0.25) is 0 Å². The minimum Gasteiger partial charge on any atom is -0.390 e. The molecule has 3 N–H and O–H groups in total. The molecule has 0 aliphatic heterocycles. The summed E-state index contributed by atoms with van der Waals surface area (Å²) in [6.07, 6.45) is 6.61. The second-order valence-corrected chi connectivity index (χ2v) is 5.55. The summed E-state index contributed by atoms with van der Waals surface area (Å²) in [5.74, 6) is 1.47. The molecule has 4 saturated carbocycles. The normalized spacial score (nSPS) is 62.5. The fourth-order valence-electron chi connectivity index (χ4n) is 4.28. The lowest BCUT2D eigenvalue weighted by molar-refractivity contribution is -0.133. The molecule has 12 heavy (non-hydrogen) atoms. The number of rotatable bonds is 0. The minimum atomic E-state index is -0.362. The molecule has 0 aromatic carbocycles. The van der Waals surface area contributed by atoms with E-state index in [9.17, 15) is 5.11 Å². The molecule has 4 fully saturated rings. The topological polar surface area (TPSA) is 46.2 Å². The minimum absolute atomic E-state index is 0.0127. The molecule has 4 bridgehead atoms. The standard InChI is InChI=1S/C10H17NO/c11-9-2-7-1-8(3-9)5-10(12,4-7)6-9/h7-8,12H,1-6,11H2/t7-,8-,9?,10?/m1/s1. The first-order valence-electron chi connectivity index (χ1n) is 5.08. The first-order chi connectivity index (χ1) is 5.57. The van der Waals surface area contributed by atoms with Gasteiger partial charge in [0.05, 0.1) is 5.60 Å². The van der Waals surface area contributed by atoms with E-state index in [1.807, 2.05) is 0 Å². The maximum Gasteiger partial charge on any atom is 0.0670 e. The van der Waals surface area contributed by atoms with Gasteiger partial charge in [-0.3, -0.25) is 0 Å². The largest absolute Gasteiger partial charge is 0.390 e. The van der Waals surface area contributed by atoms with Crippen molar-refractivity contribution in [2.24, 2.45) is 17.6 Å². The van der Waals surface area contributed by atoms with Crippen molar-refractivity contribution in [2.75, 3.05) is 0 Å². The molecule has 0 heterocycles. The van der Waals surface area contributed by atoms with Crippen molar-refractivity contribution < 1.29 is 5.11 Å². The average molecular weight is 167 g/mol. The summed E-state index contributed by atoms with van der Waals surface area (Å²) in [5, 5.41) is 10.2. The van der Waals surface area contributed by atoms with Crippen LogP contribution >= 0.6 is 0 Å². The van der Waals surface area contributed by atoms with Gasteiger partial charge in [-0.05, 0) is 50.4 Å². The average Bonchev–Trinajstić information content (AvgIpc) is 1.75. The molecule has 0 aromatic heterocycles. The summed E-state index contributed by atoms with van der Waals surface area (Å²) in [6, 6.07) is 0. The van der Waals surface area contributed by atoms with Crippen LogP contribution in [0, 0.1) is 11.8 Å². The van der Waals surface area contributed by atoms with Gasteiger partial charge in [0, 0.05) is 5.54 Å². The Bertz CT molecular complexity index is 192. The van der Waals surface area contributed by atoms with Gasteiger partial charge in [-0.1, -0.05) is 0 Å². The molecule has 0 radical (unpaired) electrons. The molecule has 0 saturated heterocycles. The molecule has 0 amide bonds. The zero-order valence-corrected chi connectivity index (χ0v) is 7.42. The SMILES string of the molecule is NC12C[C@H]3C[C@H](C1)CC(O)(C3)C2. The number of hydrogen-bond acceptors (Lipinski definition) is 2. The van der Waals surface area contributed by atoms with E-state index in [0.29, 0.717) is 0 Å². The van der Waals surface area contributed by atoms with Gasteiger partial charge in [0.15, 0.2) is 0 Å². The number of hydrogen-bond donors (Lipinski definition) is 2. The summed E-state index contributed by atoms with van der Waals surface area (Å²) >= 11 is 0. The van der Waals surface area contributed by atoms with Crippen molar-refractivity contribution in [1.82, 2.24) is 0 Å². The first kappa shape index (κ1) is 7.34.